The van der Waals surface area contributed by atoms with Crippen molar-refractivity contribution in [1.29, 1.82) is 0 Å². The Balaban J connectivity index is 2.00. The van der Waals surface area contributed by atoms with Gasteiger partial charge in [-0.15, -0.1) is 0 Å². The molecule has 0 heterocycles. The highest BCUT2D eigenvalue weighted by atomic mass is 16.5. The van der Waals surface area contributed by atoms with E-state index in [1.807, 2.05) is 19.9 Å². The van der Waals surface area contributed by atoms with Crippen LogP contribution < -0.4 is 14.8 Å². The molecule has 6 nitrogen and oxygen atoms in total. The Morgan fingerprint density at radius 2 is 1.62 bits per heavy atom. The lowest BCUT2D eigenvalue weighted by atomic mass is 10.2. The number of carbonyl (C=O) groups excluding carboxylic acids is 2. The molecule has 0 bridgehead atoms. The highest BCUT2D eigenvalue weighted by molar-refractivity contribution is 5.99. The van der Waals surface area contributed by atoms with Crippen molar-refractivity contribution in [2.45, 2.75) is 13.8 Å². The standard InChI is InChI=1S/C20H24N2O4/c1-4-25-17-12-11-16(13-18(17)26-5-2)21-19(23)14-22(3)20(24)15-9-7-6-8-10-15/h6-13H,4-5,14H2,1-3H3,(H,21,23). The van der Waals surface area contributed by atoms with Gasteiger partial charge in [0.2, 0.25) is 5.91 Å². The number of benzene rings is 2. The lowest BCUT2D eigenvalue weighted by molar-refractivity contribution is -0.116. The molecule has 0 aliphatic rings. The van der Waals surface area contributed by atoms with E-state index in [0.717, 1.165) is 0 Å². The summed E-state index contributed by atoms with van der Waals surface area (Å²) in [7, 11) is 1.60. The second-order valence-electron chi connectivity index (χ2n) is 5.60. The maximum absolute atomic E-state index is 12.3. The predicted molar refractivity (Wildman–Crippen MR) is 101 cm³/mol. The van der Waals surface area contributed by atoms with Crippen molar-refractivity contribution in [2.24, 2.45) is 0 Å². The van der Waals surface area contributed by atoms with Gasteiger partial charge >= 0.3 is 0 Å². The third kappa shape index (κ3) is 5.24. The average Bonchev–Trinajstić information content (AvgIpc) is 2.64. The van der Waals surface area contributed by atoms with Gasteiger partial charge in [-0.2, -0.15) is 0 Å². The molecule has 0 saturated heterocycles. The Bertz CT molecular complexity index is 747. The highest BCUT2D eigenvalue weighted by Gasteiger charge is 2.15. The van der Waals surface area contributed by atoms with Crippen LogP contribution >= 0.6 is 0 Å². The van der Waals surface area contributed by atoms with Gasteiger partial charge in [0.25, 0.3) is 5.91 Å². The van der Waals surface area contributed by atoms with Gasteiger partial charge in [-0.1, -0.05) is 18.2 Å². The van der Waals surface area contributed by atoms with Gasteiger partial charge in [-0.05, 0) is 38.1 Å². The van der Waals surface area contributed by atoms with E-state index in [9.17, 15) is 9.59 Å². The van der Waals surface area contributed by atoms with Crippen LogP contribution in [0.4, 0.5) is 5.69 Å². The molecule has 138 valence electrons. The molecule has 0 atom stereocenters. The first-order valence-corrected chi connectivity index (χ1v) is 8.55. The third-order valence-electron chi connectivity index (χ3n) is 3.58. The van der Waals surface area contributed by atoms with E-state index < -0.39 is 0 Å². The molecule has 0 aromatic heterocycles. The number of rotatable bonds is 8. The van der Waals surface area contributed by atoms with Crippen molar-refractivity contribution in [3.05, 3.63) is 54.1 Å². The zero-order chi connectivity index (χ0) is 18.9. The minimum atomic E-state index is -0.289. The summed E-state index contributed by atoms with van der Waals surface area (Å²) in [6.45, 7) is 4.74. The molecule has 6 heteroatoms. The van der Waals surface area contributed by atoms with Crippen molar-refractivity contribution in [2.75, 3.05) is 32.1 Å². The maximum Gasteiger partial charge on any atom is 0.254 e. The summed E-state index contributed by atoms with van der Waals surface area (Å²) < 4.78 is 11.1. The fourth-order valence-corrected chi connectivity index (χ4v) is 2.42. The second-order valence-corrected chi connectivity index (χ2v) is 5.60. The largest absolute Gasteiger partial charge is 0.490 e. The highest BCUT2D eigenvalue weighted by Crippen LogP contribution is 2.30. The summed E-state index contributed by atoms with van der Waals surface area (Å²) in [4.78, 5) is 25.9. The van der Waals surface area contributed by atoms with Crippen molar-refractivity contribution in [1.82, 2.24) is 4.90 Å². The molecular weight excluding hydrogens is 332 g/mol. The number of hydrogen-bond acceptors (Lipinski definition) is 4. The van der Waals surface area contributed by atoms with E-state index >= 15 is 0 Å². The summed E-state index contributed by atoms with van der Waals surface area (Å²) >= 11 is 0. The van der Waals surface area contributed by atoms with Crippen molar-refractivity contribution < 1.29 is 19.1 Å². The Morgan fingerprint density at radius 1 is 0.962 bits per heavy atom. The first-order valence-electron chi connectivity index (χ1n) is 8.55. The van der Waals surface area contributed by atoms with Gasteiger partial charge in [-0.25, -0.2) is 0 Å². The second kappa shape index (κ2) is 9.46. The van der Waals surface area contributed by atoms with Crippen LogP contribution in [0.5, 0.6) is 11.5 Å². The van der Waals surface area contributed by atoms with Crippen molar-refractivity contribution in [3.63, 3.8) is 0 Å². The van der Waals surface area contributed by atoms with E-state index in [4.69, 9.17) is 9.47 Å². The molecule has 0 radical (unpaired) electrons. The van der Waals surface area contributed by atoms with E-state index in [2.05, 4.69) is 5.32 Å². The first-order chi connectivity index (χ1) is 12.5. The fraction of sp³-hybridized carbons (Fsp3) is 0.300. The molecule has 1 N–H and O–H groups in total. The molecule has 0 aliphatic carbocycles. The summed E-state index contributed by atoms with van der Waals surface area (Å²) in [5.74, 6) is 0.704. The zero-order valence-electron chi connectivity index (χ0n) is 15.3. The molecule has 0 unspecified atom stereocenters. The van der Waals surface area contributed by atoms with Gasteiger partial charge in [-0.3, -0.25) is 9.59 Å². The number of hydrogen-bond donors (Lipinski definition) is 1. The summed E-state index contributed by atoms with van der Waals surface area (Å²) in [6.07, 6.45) is 0. The van der Waals surface area contributed by atoms with Gasteiger partial charge in [0.05, 0.1) is 19.8 Å². The number of nitrogens with zero attached hydrogens (tertiary/aromatic N) is 1. The van der Waals surface area contributed by atoms with E-state index in [0.29, 0.717) is 36.0 Å². The summed E-state index contributed by atoms with van der Waals surface area (Å²) in [6, 6.07) is 14.1. The summed E-state index contributed by atoms with van der Waals surface area (Å²) in [5, 5.41) is 2.78. The van der Waals surface area contributed by atoms with Crippen LogP contribution in [-0.2, 0) is 4.79 Å². The van der Waals surface area contributed by atoms with Crippen LogP contribution in [0.1, 0.15) is 24.2 Å². The molecule has 26 heavy (non-hydrogen) atoms. The predicted octanol–water partition coefficient (Wildman–Crippen LogP) is 3.19. The average molecular weight is 356 g/mol. The minimum absolute atomic E-state index is 0.0507. The number of nitrogens with one attached hydrogen (secondary N) is 1. The lowest BCUT2D eigenvalue weighted by Crippen LogP contribution is -2.34. The molecule has 0 saturated carbocycles. The summed E-state index contributed by atoms with van der Waals surface area (Å²) in [5.41, 5.74) is 1.13. The smallest absolute Gasteiger partial charge is 0.254 e. The van der Waals surface area contributed by atoms with Crippen LogP contribution in [0.15, 0.2) is 48.5 Å². The van der Waals surface area contributed by atoms with Crippen LogP contribution in [0.2, 0.25) is 0 Å². The first kappa shape index (κ1) is 19.3. The van der Waals surface area contributed by atoms with Gasteiger partial charge in [0, 0.05) is 24.4 Å². The minimum Gasteiger partial charge on any atom is -0.490 e. The van der Waals surface area contributed by atoms with Crippen LogP contribution in [0.3, 0.4) is 0 Å². The SMILES string of the molecule is CCOc1ccc(NC(=O)CN(C)C(=O)c2ccccc2)cc1OCC. The number of anilines is 1. The van der Waals surface area contributed by atoms with Crippen LogP contribution in [0.25, 0.3) is 0 Å². The number of ether oxygens (including phenoxy) is 2. The number of carbonyl (C=O) groups is 2. The molecule has 0 spiro atoms. The Morgan fingerprint density at radius 3 is 2.27 bits per heavy atom. The lowest BCUT2D eigenvalue weighted by Gasteiger charge is -2.17. The molecule has 2 rings (SSSR count). The number of likely N-dealkylation sites (N-methyl/N-ethyl adjacent to an activating group) is 1. The van der Waals surface area contributed by atoms with Crippen molar-refractivity contribution >= 4 is 17.5 Å². The van der Waals surface area contributed by atoms with Crippen molar-refractivity contribution in [3.8, 4) is 11.5 Å². The van der Waals surface area contributed by atoms with E-state index in [1.165, 1.54) is 4.90 Å². The van der Waals surface area contributed by atoms with Gasteiger partial charge in [0.1, 0.15) is 0 Å². The third-order valence-corrected chi connectivity index (χ3v) is 3.58. The Kier molecular flexibility index (Phi) is 7.02. The monoisotopic (exact) mass is 356 g/mol. The normalized spacial score (nSPS) is 10.1. The van der Waals surface area contributed by atoms with E-state index in [1.54, 1.807) is 49.5 Å². The topological polar surface area (TPSA) is 67.9 Å². The van der Waals surface area contributed by atoms with Crippen LogP contribution in [-0.4, -0.2) is 43.5 Å². The molecule has 2 amide bonds. The molecule has 0 aliphatic heterocycles. The molecular formula is C20H24N2O4. The Hall–Kier alpha value is -3.02. The fourth-order valence-electron chi connectivity index (χ4n) is 2.42. The Labute approximate surface area is 153 Å². The molecule has 2 aromatic carbocycles. The maximum atomic E-state index is 12.3. The van der Waals surface area contributed by atoms with Crippen LogP contribution in [0, 0.1) is 0 Å². The van der Waals surface area contributed by atoms with E-state index in [-0.39, 0.29) is 18.4 Å². The zero-order valence-corrected chi connectivity index (χ0v) is 15.3. The molecule has 2 aromatic rings. The number of amides is 2. The van der Waals surface area contributed by atoms with Gasteiger partial charge < -0.3 is 19.7 Å². The quantitative estimate of drug-likeness (QED) is 0.789. The molecule has 0 fully saturated rings. The van der Waals surface area contributed by atoms with Gasteiger partial charge in [0.15, 0.2) is 11.5 Å².